The standard InChI is InChI=1S/C13H20BrN3/c1-3-8-15-13-11(14)12(16-9(2)17-13)10-6-4-5-7-10/h10H,3-8H2,1-2H3,(H,15,16,17). The van der Waals surface area contributed by atoms with Crippen LogP contribution in [0, 0.1) is 6.92 Å². The lowest BCUT2D eigenvalue weighted by molar-refractivity contribution is 0.684. The highest BCUT2D eigenvalue weighted by molar-refractivity contribution is 9.10. The average Bonchev–Trinajstić information content (AvgIpc) is 2.83. The molecule has 0 amide bonds. The third-order valence-electron chi connectivity index (χ3n) is 3.27. The molecular weight excluding hydrogens is 278 g/mol. The Morgan fingerprint density at radius 2 is 2.00 bits per heavy atom. The number of nitrogens with one attached hydrogen (secondary N) is 1. The highest BCUT2D eigenvalue weighted by atomic mass is 79.9. The number of hydrogen-bond donors (Lipinski definition) is 1. The van der Waals surface area contributed by atoms with Gasteiger partial charge in [-0.1, -0.05) is 19.8 Å². The molecule has 0 bridgehead atoms. The molecule has 0 radical (unpaired) electrons. The third kappa shape index (κ3) is 2.97. The van der Waals surface area contributed by atoms with Gasteiger partial charge in [0.1, 0.15) is 11.6 Å². The summed E-state index contributed by atoms with van der Waals surface area (Å²) in [7, 11) is 0. The number of aromatic nitrogens is 2. The van der Waals surface area contributed by atoms with Gasteiger partial charge in [-0.05, 0) is 42.1 Å². The summed E-state index contributed by atoms with van der Waals surface area (Å²) in [6.45, 7) is 5.09. The van der Waals surface area contributed by atoms with Gasteiger partial charge in [-0.25, -0.2) is 9.97 Å². The molecule has 94 valence electrons. The molecule has 0 unspecified atom stereocenters. The molecule has 0 spiro atoms. The second kappa shape index (κ2) is 5.80. The van der Waals surface area contributed by atoms with E-state index in [0.717, 1.165) is 29.1 Å². The third-order valence-corrected chi connectivity index (χ3v) is 4.05. The highest BCUT2D eigenvalue weighted by Crippen LogP contribution is 2.38. The molecule has 1 aromatic heterocycles. The van der Waals surface area contributed by atoms with Crippen molar-refractivity contribution in [2.24, 2.45) is 0 Å². The minimum absolute atomic E-state index is 0.619. The molecule has 3 nitrogen and oxygen atoms in total. The first-order valence-electron chi connectivity index (χ1n) is 6.50. The molecule has 2 rings (SSSR count). The van der Waals surface area contributed by atoms with Gasteiger partial charge in [0.15, 0.2) is 0 Å². The van der Waals surface area contributed by atoms with Gasteiger partial charge < -0.3 is 5.32 Å². The van der Waals surface area contributed by atoms with Crippen molar-refractivity contribution in [2.75, 3.05) is 11.9 Å². The van der Waals surface area contributed by atoms with E-state index in [9.17, 15) is 0 Å². The minimum atomic E-state index is 0.619. The monoisotopic (exact) mass is 297 g/mol. The lowest BCUT2D eigenvalue weighted by atomic mass is 10.0. The molecule has 1 heterocycles. The first kappa shape index (κ1) is 12.8. The minimum Gasteiger partial charge on any atom is -0.369 e. The number of hydrogen-bond acceptors (Lipinski definition) is 3. The molecule has 1 fully saturated rings. The predicted molar refractivity (Wildman–Crippen MR) is 74.5 cm³/mol. The first-order valence-corrected chi connectivity index (χ1v) is 7.29. The Kier molecular flexibility index (Phi) is 4.37. The van der Waals surface area contributed by atoms with Crippen molar-refractivity contribution < 1.29 is 0 Å². The van der Waals surface area contributed by atoms with Crippen molar-refractivity contribution in [1.82, 2.24) is 9.97 Å². The predicted octanol–water partition coefficient (Wildman–Crippen LogP) is 4.03. The smallest absolute Gasteiger partial charge is 0.144 e. The summed E-state index contributed by atoms with van der Waals surface area (Å²) in [5.74, 6) is 2.45. The zero-order chi connectivity index (χ0) is 12.3. The van der Waals surface area contributed by atoms with E-state index in [0.29, 0.717) is 5.92 Å². The fourth-order valence-electron chi connectivity index (χ4n) is 2.41. The first-order chi connectivity index (χ1) is 8.22. The van der Waals surface area contributed by atoms with Crippen molar-refractivity contribution in [3.05, 3.63) is 16.0 Å². The lowest BCUT2D eigenvalue weighted by Gasteiger charge is -2.15. The van der Waals surface area contributed by atoms with Crippen molar-refractivity contribution >= 4 is 21.7 Å². The van der Waals surface area contributed by atoms with Gasteiger partial charge in [-0.3, -0.25) is 0 Å². The van der Waals surface area contributed by atoms with Crippen LogP contribution in [0.25, 0.3) is 0 Å². The number of halogens is 1. The van der Waals surface area contributed by atoms with Crippen molar-refractivity contribution in [2.45, 2.75) is 51.9 Å². The number of rotatable bonds is 4. The molecule has 0 aliphatic heterocycles. The number of nitrogens with zero attached hydrogens (tertiary/aromatic N) is 2. The van der Waals surface area contributed by atoms with E-state index in [4.69, 9.17) is 0 Å². The molecule has 0 aromatic carbocycles. The largest absolute Gasteiger partial charge is 0.369 e. The van der Waals surface area contributed by atoms with Crippen LogP contribution in [0.5, 0.6) is 0 Å². The summed E-state index contributed by atoms with van der Waals surface area (Å²) in [5, 5.41) is 3.37. The molecule has 1 aromatic rings. The van der Waals surface area contributed by atoms with Crippen LogP contribution in [0.1, 0.15) is 56.5 Å². The SMILES string of the molecule is CCCNc1nc(C)nc(C2CCCC2)c1Br. The molecule has 1 aliphatic rings. The van der Waals surface area contributed by atoms with Crippen LogP contribution >= 0.6 is 15.9 Å². The van der Waals surface area contributed by atoms with Gasteiger partial charge in [0.2, 0.25) is 0 Å². The van der Waals surface area contributed by atoms with Crippen molar-refractivity contribution in [3.8, 4) is 0 Å². The summed E-state index contributed by atoms with van der Waals surface area (Å²) in [6, 6.07) is 0. The van der Waals surface area contributed by atoms with Crippen LogP contribution in [0.15, 0.2) is 4.47 Å². The molecule has 0 atom stereocenters. The summed E-state index contributed by atoms with van der Waals surface area (Å²) >= 11 is 3.67. The molecule has 0 saturated heterocycles. The van der Waals surface area contributed by atoms with E-state index in [1.807, 2.05) is 6.92 Å². The van der Waals surface area contributed by atoms with E-state index in [1.54, 1.807) is 0 Å². The maximum atomic E-state index is 4.63. The molecule has 1 N–H and O–H groups in total. The van der Waals surface area contributed by atoms with Gasteiger partial charge in [0.25, 0.3) is 0 Å². The molecule has 17 heavy (non-hydrogen) atoms. The van der Waals surface area contributed by atoms with Crippen molar-refractivity contribution in [1.29, 1.82) is 0 Å². The van der Waals surface area contributed by atoms with Crippen LogP contribution in [-0.4, -0.2) is 16.5 Å². The molecule has 1 saturated carbocycles. The Morgan fingerprint density at radius 1 is 1.29 bits per heavy atom. The average molecular weight is 298 g/mol. The topological polar surface area (TPSA) is 37.8 Å². The second-order valence-corrected chi connectivity index (χ2v) is 5.52. The quantitative estimate of drug-likeness (QED) is 0.912. The van der Waals surface area contributed by atoms with E-state index in [-0.39, 0.29) is 0 Å². The number of aryl methyl sites for hydroxylation is 1. The Bertz CT molecular complexity index is 386. The Labute approximate surface area is 112 Å². The van der Waals surface area contributed by atoms with Crippen LogP contribution in [0.3, 0.4) is 0 Å². The Balaban J connectivity index is 2.27. The van der Waals surface area contributed by atoms with Gasteiger partial charge in [0.05, 0.1) is 10.2 Å². The van der Waals surface area contributed by atoms with E-state index >= 15 is 0 Å². The second-order valence-electron chi connectivity index (χ2n) is 4.73. The van der Waals surface area contributed by atoms with Crippen LogP contribution in [0.2, 0.25) is 0 Å². The van der Waals surface area contributed by atoms with E-state index in [1.165, 1.54) is 31.4 Å². The normalized spacial score (nSPS) is 16.4. The fraction of sp³-hybridized carbons (Fsp3) is 0.692. The summed E-state index contributed by atoms with van der Waals surface area (Å²) in [4.78, 5) is 9.10. The van der Waals surface area contributed by atoms with Gasteiger partial charge in [-0.15, -0.1) is 0 Å². The van der Waals surface area contributed by atoms with Gasteiger partial charge >= 0.3 is 0 Å². The zero-order valence-corrected chi connectivity index (χ0v) is 12.2. The number of anilines is 1. The fourth-order valence-corrected chi connectivity index (χ4v) is 3.05. The maximum Gasteiger partial charge on any atom is 0.144 e. The molecule has 1 aliphatic carbocycles. The van der Waals surface area contributed by atoms with Crippen LogP contribution in [0.4, 0.5) is 5.82 Å². The highest BCUT2D eigenvalue weighted by Gasteiger charge is 2.23. The van der Waals surface area contributed by atoms with E-state index < -0.39 is 0 Å². The lowest BCUT2D eigenvalue weighted by Crippen LogP contribution is -2.09. The summed E-state index contributed by atoms with van der Waals surface area (Å²) in [5.41, 5.74) is 1.20. The maximum absolute atomic E-state index is 4.63. The van der Waals surface area contributed by atoms with Crippen LogP contribution < -0.4 is 5.32 Å². The summed E-state index contributed by atoms with van der Waals surface area (Å²) in [6.07, 6.45) is 6.30. The zero-order valence-electron chi connectivity index (χ0n) is 10.6. The molecular formula is C13H20BrN3. The Hall–Kier alpha value is -0.640. The van der Waals surface area contributed by atoms with Gasteiger partial charge in [0, 0.05) is 12.5 Å². The Morgan fingerprint density at radius 3 is 2.65 bits per heavy atom. The van der Waals surface area contributed by atoms with Crippen LogP contribution in [-0.2, 0) is 0 Å². The summed E-state index contributed by atoms with van der Waals surface area (Å²) < 4.78 is 1.07. The molecule has 4 heteroatoms. The van der Waals surface area contributed by atoms with Gasteiger partial charge in [-0.2, -0.15) is 0 Å². The van der Waals surface area contributed by atoms with E-state index in [2.05, 4.69) is 38.1 Å². The van der Waals surface area contributed by atoms with Crippen molar-refractivity contribution in [3.63, 3.8) is 0 Å².